The van der Waals surface area contributed by atoms with Crippen LogP contribution in [0.2, 0.25) is 0 Å². The van der Waals surface area contributed by atoms with Crippen molar-refractivity contribution in [1.82, 2.24) is 14.6 Å². The van der Waals surface area contributed by atoms with Crippen molar-refractivity contribution in [3.8, 4) is 0 Å². The molecular weight excluding hydrogens is 309 g/mol. The normalized spacial score (nSPS) is 27.5. The Balaban J connectivity index is 1.98. The smallest absolute Gasteiger partial charge is 0.269 e. The first-order chi connectivity index (χ1) is 13.9. The third-order valence-corrected chi connectivity index (χ3v) is 3.66. The summed E-state index contributed by atoms with van der Waals surface area (Å²) in [4.78, 5) is 16.4. The maximum atomic E-state index is 13.9. The highest BCUT2D eigenvalue weighted by Gasteiger charge is 2.28. The predicted molar refractivity (Wildman–Crippen MR) is 87.2 cm³/mol. The second-order valence-corrected chi connectivity index (χ2v) is 5.18. The standard InChI is InChI=1S/C17H16FN5O/c18-12-4-1-3-11(9-12)13-5-2-8-22(13)16-7-6-15-20-10-14(17(19)24)23(15)21-16/h1,3-4,6-7,9-10,13H,2,5,8H2,(H2,19,24)/i2D2,5D2,8D2. The molecule has 1 unspecified atom stereocenters. The zero-order chi connectivity index (χ0) is 22.1. The molecule has 1 saturated heterocycles. The largest absolute Gasteiger partial charge is 0.364 e. The minimum absolute atomic E-state index is 0.0351. The molecule has 1 aliphatic heterocycles. The molecule has 2 aromatic heterocycles. The Hall–Kier alpha value is -2.96. The first-order valence-electron chi connectivity index (χ1n) is 10.1. The van der Waals surface area contributed by atoms with Crippen LogP contribution in [-0.2, 0) is 0 Å². The van der Waals surface area contributed by atoms with Crippen molar-refractivity contribution in [1.29, 1.82) is 0 Å². The molecule has 1 fully saturated rings. The Morgan fingerprint density at radius 3 is 3.04 bits per heavy atom. The molecule has 6 nitrogen and oxygen atoms in total. The number of imidazole rings is 1. The number of fused-ring (bicyclic) bond motifs is 1. The number of rotatable bonds is 3. The number of anilines is 1. The fourth-order valence-corrected chi connectivity index (χ4v) is 2.55. The topological polar surface area (TPSA) is 76.5 Å². The van der Waals surface area contributed by atoms with Crippen molar-refractivity contribution in [3.05, 3.63) is 59.7 Å². The van der Waals surface area contributed by atoms with Gasteiger partial charge in [0, 0.05) is 14.7 Å². The lowest BCUT2D eigenvalue weighted by molar-refractivity contribution is 0.0993. The minimum atomic E-state index is -2.99. The van der Waals surface area contributed by atoms with E-state index < -0.39 is 37.0 Å². The Labute approximate surface area is 146 Å². The lowest BCUT2D eigenvalue weighted by Gasteiger charge is -2.26. The van der Waals surface area contributed by atoms with E-state index in [9.17, 15) is 9.18 Å². The molecule has 3 aromatic rings. The van der Waals surface area contributed by atoms with Crippen LogP contribution in [0.25, 0.3) is 5.65 Å². The van der Waals surface area contributed by atoms with E-state index in [0.717, 1.165) is 21.5 Å². The Morgan fingerprint density at radius 2 is 2.25 bits per heavy atom. The van der Waals surface area contributed by atoms with E-state index in [1.54, 1.807) is 0 Å². The highest BCUT2D eigenvalue weighted by atomic mass is 19.1. The zero-order valence-electron chi connectivity index (χ0n) is 18.3. The van der Waals surface area contributed by atoms with Gasteiger partial charge in [-0.2, -0.15) is 0 Å². The second-order valence-electron chi connectivity index (χ2n) is 5.18. The summed E-state index contributed by atoms with van der Waals surface area (Å²) in [6.07, 6.45) is -4.56. The van der Waals surface area contributed by atoms with Crippen LogP contribution in [0.4, 0.5) is 10.2 Å². The number of hydrogen-bond donors (Lipinski definition) is 1. The molecule has 4 rings (SSSR count). The van der Waals surface area contributed by atoms with Crippen LogP contribution >= 0.6 is 0 Å². The van der Waals surface area contributed by atoms with Crippen molar-refractivity contribution >= 4 is 17.4 Å². The van der Waals surface area contributed by atoms with E-state index >= 15 is 0 Å². The molecular formula is C17H16FN5O. The van der Waals surface area contributed by atoms with Gasteiger partial charge in [-0.25, -0.2) is 13.9 Å². The van der Waals surface area contributed by atoms with Gasteiger partial charge in [-0.3, -0.25) is 4.79 Å². The summed E-state index contributed by atoms with van der Waals surface area (Å²) in [5, 5.41) is 4.18. The summed E-state index contributed by atoms with van der Waals surface area (Å²) >= 11 is 0. The van der Waals surface area contributed by atoms with Crippen LogP contribution < -0.4 is 10.6 Å². The van der Waals surface area contributed by atoms with Crippen molar-refractivity contribution < 1.29 is 17.4 Å². The van der Waals surface area contributed by atoms with Crippen molar-refractivity contribution in [2.75, 3.05) is 11.4 Å². The number of nitrogens with zero attached hydrogens (tertiary/aromatic N) is 4. The highest BCUT2D eigenvalue weighted by molar-refractivity contribution is 5.91. The van der Waals surface area contributed by atoms with Gasteiger partial charge in [-0.1, -0.05) is 12.1 Å². The number of aromatic nitrogens is 3. The minimum Gasteiger partial charge on any atom is -0.364 e. The van der Waals surface area contributed by atoms with Crippen LogP contribution in [0.5, 0.6) is 0 Å². The first kappa shape index (κ1) is 9.36. The van der Waals surface area contributed by atoms with E-state index in [-0.39, 0.29) is 22.7 Å². The Bertz CT molecular complexity index is 1170. The molecule has 24 heavy (non-hydrogen) atoms. The Morgan fingerprint density at radius 1 is 1.38 bits per heavy atom. The molecule has 0 saturated carbocycles. The molecule has 0 bridgehead atoms. The molecule has 1 amide bonds. The number of primary amides is 1. The third-order valence-electron chi connectivity index (χ3n) is 3.66. The van der Waals surface area contributed by atoms with Crippen LogP contribution in [-0.4, -0.2) is 27.0 Å². The molecule has 1 aromatic carbocycles. The number of nitrogens with two attached hydrogens (primary N) is 1. The number of carbonyl (C=O) groups is 1. The van der Waals surface area contributed by atoms with Gasteiger partial charge < -0.3 is 10.6 Å². The van der Waals surface area contributed by atoms with E-state index in [1.807, 2.05) is 0 Å². The van der Waals surface area contributed by atoms with Crippen LogP contribution in [0, 0.1) is 5.82 Å². The van der Waals surface area contributed by atoms with Gasteiger partial charge in [0.25, 0.3) is 5.91 Å². The summed E-state index contributed by atoms with van der Waals surface area (Å²) in [6.45, 7) is -2.87. The summed E-state index contributed by atoms with van der Waals surface area (Å²) in [6, 6.07) is 6.09. The Kier molecular flexibility index (Phi) is 2.18. The number of carbonyl (C=O) groups excluding carboxylic acids is 1. The molecule has 1 aliphatic rings. The van der Waals surface area contributed by atoms with Gasteiger partial charge in [-0.05, 0) is 42.6 Å². The van der Waals surface area contributed by atoms with Crippen molar-refractivity contribution in [3.63, 3.8) is 0 Å². The average molecular weight is 331 g/mol. The lowest BCUT2D eigenvalue weighted by Crippen LogP contribution is -2.25. The predicted octanol–water partition coefficient (Wildman–Crippen LogP) is 2.31. The van der Waals surface area contributed by atoms with E-state index in [2.05, 4.69) is 10.1 Å². The molecule has 0 aliphatic carbocycles. The van der Waals surface area contributed by atoms with Crippen LogP contribution in [0.15, 0.2) is 42.6 Å². The van der Waals surface area contributed by atoms with Crippen molar-refractivity contribution in [2.24, 2.45) is 5.73 Å². The highest BCUT2D eigenvalue weighted by Crippen LogP contribution is 2.35. The fourth-order valence-electron chi connectivity index (χ4n) is 2.55. The number of amides is 1. The lowest BCUT2D eigenvalue weighted by atomic mass is 10.0. The number of benzene rings is 1. The quantitative estimate of drug-likeness (QED) is 0.799. The molecule has 0 spiro atoms. The molecule has 7 heteroatoms. The van der Waals surface area contributed by atoms with Gasteiger partial charge in [0.15, 0.2) is 5.65 Å². The van der Waals surface area contributed by atoms with E-state index in [4.69, 9.17) is 14.0 Å². The maximum Gasteiger partial charge on any atom is 0.269 e. The molecule has 122 valence electrons. The first-order valence-corrected chi connectivity index (χ1v) is 7.09. The van der Waals surface area contributed by atoms with Gasteiger partial charge in [0.2, 0.25) is 0 Å². The fraction of sp³-hybridized carbons (Fsp3) is 0.235. The molecule has 2 N–H and O–H groups in total. The van der Waals surface area contributed by atoms with Gasteiger partial charge >= 0.3 is 0 Å². The molecule has 3 heterocycles. The zero-order valence-corrected chi connectivity index (χ0v) is 12.3. The van der Waals surface area contributed by atoms with Crippen molar-refractivity contribution in [2.45, 2.75) is 18.8 Å². The van der Waals surface area contributed by atoms with E-state index in [1.165, 1.54) is 30.5 Å². The summed E-state index contributed by atoms with van der Waals surface area (Å²) in [5.74, 6) is -1.68. The number of hydrogen-bond acceptors (Lipinski definition) is 4. The SMILES string of the molecule is [2H]C1([2H])C(c2cccc(F)c2)N(c2ccc3ncc(C(N)=O)n3n2)C([2H])([2H])C1([2H])[2H]. The monoisotopic (exact) mass is 331 g/mol. The van der Waals surface area contributed by atoms with Gasteiger partial charge in [0.05, 0.1) is 12.2 Å². The van der Waals surface area contributed by atoms with E-state index in [0.29, 0.717) is 0 Å². The summed E-state index contributed by atoms with van der Waals surface area (Å²) in [7, 11) is 0. The maximum absolute atomic E-state index is 13.9. The van der Waals surface area contributed by atoms with Crippen LogP contribution in [0.3, 0.4) is 0 Å². The van der Waals surface area contributed by atoms with Crippen LogP contribution in [0.1, 0.15) is 43.1 Å². The number of halogens is 1. The third kappa shape index (κ3) is 2.38. The second kappa shape index (κ2) is 5.59. The average Bonchev–Trinajstić information content (AvgIpc) is 3.12. The molecule has 1 atom stereocenters. The molecule has 0 radical (unpaired) electrons. The van der Waals surface area contributed by atoms with Gasteiger partial charge in [-0.15, -0.1) is 5.10 Å². The summed E-state index contributed by atoms with van der Waals surface area (Å²) < 4.78 is 65.0. The van der Waals surface area contributed by atoms with Gasteiger partial charge in [0.1, 0.15) is 17.3 Å². The summed E-state index contributed by atoms with van der Waals surface area (Å²) in [5.41, 5.74) is 5.50.